The van der Waals surface area contributed by atoms with Crippen LogP contribution in [0.25, 0.3) is 10.2 Å². The van der Waals surface area contributed by atoms with E-state index in [4.69, 9.17) is 20.7 Å². The quantitative estimate of drug-likeness (QED) is 0.0821. The molecule has 200 valence electrons. The van der Waals surface area contributed by atoms with Crippen LogP contribution in [0.3, 0.4) is 0 Å². The number of fused-ring (bicyclic) bond motifs is 1. The van der Waals surface area contributed by atoms with E-state index in [1.807, 2.05) is 24.3 Å². The predicted molar refractivity (Wildman–Crippen MR) is 150 cm³/mol. The Labute approximate surface area is 229 Å². The molecule has 0 spiro atoms. The van der Waals surface area contributed by atoms with Crippen molar-refractivity contribution in [2.75, 3.05) is 6.61 Å². The summed E-state index contributed by atoms with van der Waals surface area (Å²) in [5, 5.41) is 12.7. The number of nitrogens with two attached hydrogens (primary N) is 1. The van der Waals surface area contributed by atoms with Crippen LogP contribution in [0.4, 0.5) is 0 Å². The van der Waals surface area contributed by atoms with Gasteiger partial charge < -0.3 is 20.7 Å². The Hall–Kier alpha value is -4.26. The summed E-state index contributed by atoms with van der Waals surface area (Å²) in [6.07, 6.45) is 4.42. The van der Waals surface area contributed by atoms with Gasteiger partial charge in [-0.3, -0.25) is 0 Å². The van der Waals surface area contributed by atoms with Gasteiger partial charge >= 0.3 is 0 Å². The fourth-order valence-corrected chi connectivity index (χ4v) is 6.39. The molecule has 5 rings (SSSR count). The van der Waals surface area contributed by atoms with Gasteiger partial charge in [0, 0.05) is 24.4 Å². The number of amidine groups is 1. The second-order valence-corrected chi connectivity index (χ2v) is 11.5. The summed E-state index contributed by atoms with van der Waals surface area (Å²) in [5.41, 5.74) is 7.83. The Morgan fingerprint density at radius 2 is 1.97 bits per heavy atom. The molecule has 5 N–H and O–H groups in total. The van der Waals surface area contributed by atoms with Gasteiger partial charge in [0.05, 0.1) is 27.8 Å². The summed E-state index contributed by atoms with van der Waals surface area (Å²) < 4.78 is 36.2. The number of ether oxygens (including phenoxy) is 1. The Morgan fingerprint density at radius 3 is 2.74 bits per heavy atom. The third-order valence-electron chi connectivity index (χ3n) is 5.96. The number of aromatic amines is 1. The molecule has 0 amide bonds. The van der Waals surface area contributed by atoms with Crippen molar-refractivity contribution in [3.05, 3.63) is 107 Å². The van der Waals surface area contributed by atoms with Gasteiger partial charge in [-0.15, -0.1) is 11.3 Å². The summed E-state index contributed by atoms with van der Waals surface area (Å²) in [4.78, 5) is 12.2. The van der Waals surface area contributed by atoms with E-state index in [-0.39, 0.29) is 10.7 Å². The van der Waals surface area contributed by atoms with Gasteiger partial charge in [-0.25, -0.2) is 23.1 Å². The highest BCUT2D eigenvalue weighted by molar-refractivity contribution is 7.89. The number of nitrogens with one attached hydrogen (secondary N) is 2. The van der Waals surface area contributed by atoms with E-state index in [2.05, 4.69) is 19.8 Å². The van der Waals surface area contributed by atoms with E-state index >= 15 is 0 Å². The highest BCUT2D eigenvalue weighted by Gasteiger charge is 2.25. The van der Waals surface area contributed by atoms with E-state index in [0.29, 0.717) is 35.8 Å². The fourth-order valence-electron chi connectivity index (χ4n) is 4.05. The van der Waals surface area contributed by atoms with Crippen molar-refractivity contribution >= 4 is 37.4 Å². The van der Waals surface area contributed by atoms with Gasteiger partial charge in [-0.2, -0.15) is 0 Å². The second-order valence-electron chi connectivity index (χ2n) is 8.69. The minimum absolute atomic E-state index is 0.0298. The van der Waals surface area contributed by atoms with Crippen LogP contribution < -0.4 is 15.2 Å². The van der Waals surface area contributed by atoms with Crippen molar-refractivity contribution in [3.63, 3.8) is 0 Å². The van der Waals surface area contributed by atoms with Gasteiger partial charge in [-0.1, -0.05) is 41.6 Å². The molecular formula is C27H26N6O4S2. The van der Waals surface area contributed by atoms with Gasteiger partial charge in [-0.05, 0) is 48.4 Å². The number of H-pyrrole nitrogens is 1. The predicted octanol–water partition coefficient (Wildman–Crippen LogP) is 4.00. The van der Waals surface area contributed by atoms with Crippen LogP contribution in [0.5, 0.6) is 5.75 Å². The van der Waals surface area contributed by atoms with Gasteiger partial charge in [0.25, 0.3) is 0 Å². The zero-order valence-corrected chi connectivity index (χ0v) is 22.3. The monoisotopic (exact) mass is 562 g/mol. The van der Waals surface area contributed by atoms with Gasteiger partial charge in [0.15, 0.2) is 5.84 Å². The number of aromatic nitrogens is 3. The number of hydrogen-bond donors (Lipinski definition) is 4. The maximum atomic E-state index is 13.3. The van der Waals surface area contributed by atoms with Crippen LogP contribution in [0.1, 0.15) is 28.0 Å². The summed E-state index contributed by atoms with van der Waals surface area (Å²) in [6.45, 7) is 0.459. The molecule has 2 heterocycles. The molecule has 3 aromatic carbocycles. The zero-order valence-electron chi connectivity index (χ0n) is 20.7. The molecule has 0 aliphatic rings. The molecule has 0 bridgehead atoms. The molecule has 1 unspecified atom stereocenters. The Kier molecular flexibility index (Phi) is 7.87. The fraction of sp³-hybridized carbons (Fsp3) is 0.148. The topological polar surface area (TPSA) is 156 Å². The van der Waals surface area contributed by atoms with Crippen LogP contribution in [-0.4, -0.2) is 41.0 Å². The number of imidazole rings is 1. The third kappa shape index (κ3) is 6.42. The molecule has 39 heavy (non-hydrogen) atoms. The van der Waals surface area contributed by atoms with Crippen LogP contribution in [0, 0.1) is 0 Å². The standard InChI is InChI=1S/C27H26N6O4S2/c28-26(32-34)19-6-4-5-18(15-19)16-23(33-39(35,36)21-7-2-1-3-8-21)27-31-22-10-9-20(17-24(22)38-27)37-14-11-25-29-12-13-30-25/h1-10,12-13,15,17,23,33-34H,11,14,16H2,(H2,28,32)(H,29,30). The number of nitrogens with zero attached hydrogens (tertiary/aromatic N) is 3. The smallest absolute Gasteiger partial charge is 0.241 e. The highest BCUT2D eigenvalue weighted by atomic mass is 32.2. The Morgan fingerprint density at radius 1 is 1.13 bits per heavy atom. The molecule has 0 saturated carbocycles. The average Bonchev–Trinajstić information content (AvgIpc) is 3.63. The summed E-state index contributed by atoms with van der Waals surface area (Å²) in [6, 6.07) is 20.2. The van der Waals surface area contributed by atoms with Crippen molar-refractivity contribution in [3.8, 4) is 5.75 Å². The molecule has 5 aromatic rings. The molecule has 1 atom stereocenters. The minimum atomic E-state index is -3.84. The van der Waals surface area contributed by atoms with E-state index in [1.165, 1.54) is 11.3 Å². The first-order valence-electron chi connectivity index (χ1n) is 12.1. The summed E-state index contributed by atoms with van der Waals surface area (Å²) in [7, 11) is -3.84. The number of oxime groups is 1. The SMILES string of the molecule is NC(=NO)c1cccc(CC(NS(=O)(=O)c2ccccc2)c2nc3ccc(OCCc4ncc[nH]4)cc3s2)c1. The number of hydrogen-bond acceptors (Lipinski definition) is 8. The van der Waals surface area contributed by atoms with Crippen LogP contribution in [0.15, 0.2) is 95.2 Å². The molecule has 2 aromatic heterocycles. The molecule has 0 aliphatic carbocycles. The van der Waals surface area contributed by atoms with Crippen molar-refractivity contribution in [1.29, 1.82) is 0 Å². The summed E-state index contributed by atoms with van der Waals surface area (Å²) >= 11 is 1.40. The lowest BCUT2D eigenvalue weighted by atomic mass is 10.0. The van der Waals surface area contributed by atoms with Crippen molar-refractivity contribution in [2.45, 2.75) is 23.8 Å². The molecule has 0 aliphatic heterocycles. The van der Waals surface area contributed by atoms with Crippen molar-refractivity contribution in [1.82, 2.24) is 19.7 Å². The van der Waals surface area contributed by atoms with E-state index in [9.17, 15) is 8.42 Å². The second kappa shape index (κ2) is 11.6. The van der Waals surface area contributed by atoms with E-state index in [1.54, 1.807) is 60.9 Å². The van der Waals surface area contributed by atoms with Crippen LogP contribution in [0.2, 0.25) is 0 Å². The van der Waals surface area contributed by atoms with Gasteiger partial charge in [0.1, 0.15) is 16.6 Å². The van der Waals surface area contributed by atoms with Gasteiger partial charge in [0.2, 0.25) is 10.0 Å². The minimum Gasteiger partial charge on any atom is -0.493 e. The lowest BCUT2D eigenvalue weighted by Crippen LogP contribution is -2.30. The van der Waals surface area contributed by atoms with Crippen molar-refractivity contribution < 1.29 is 18.4 Å². The Balaban J connectivity index is 1.43. The molecule has 0 radical (unpaired) electrons. The largest absolute Gasteiger partial charge is 0.493 e. The van der Waals surface area contributed by atoms with E-state index in [0.717, 1.165) is 21.6 Å². The molecule has 0 saturated heterocycles. The third-order valence-corrected chi connectivity index (χ3v) is 8.58. The number of sulfonamides is 1. The maximum Gasteiger partial charge on any atom is 0.241 e. The Bertz CT molecular complexity index is 1690. The summed E-state index contributed by atoms with van der Waals surface area (Å²) in [5.74, 6) is 1.51. The van der Waals surface area contributed by atoms with Crippen LogP contribution in [-0.2, 0) is 22.9 Å². The lowest BCUT2D eigenvalue weighted by Gasteiger charge is -2.17. The first kappa shape index (κ1) is 26.4. The zero-order chi connectivity index (χ0) is 27.2. The van der Waals surface area contributed by atoms with Crippen molar-refractivity contribution in [2.24, 2.45) is 10.9 Å². The molecule has 0 fully saturated rings. The molecule has 12 heteroatoms. The van der Waals surface area contributed by atoms with Crippen LogP contribution >= 0.6 is 11.3 Å². The highest BCUT2D eigenvalue weighted by Crippen LogP contribution is 2.32. The molecular weight excluding hydrogens is 536 g/mol. The number of benzene rings is 3. The number of thiazole rings is 1. The van der Waals surface area contributed by atoms with E-state index < -0.39 is 16.1 Å². The maximum absolute atomic E-state index is 13.3. The first-order valence-corrected chi connectivity index (χ1v) is 14.4. The average molecular weight is 563 g/mol. The number of rotatable bonds is 11. The normalized spacial score (nSPS) is 13.0. The lowest BCUT2D eigenvalue weighted by molar-refractivity contribution is 0.318. The first-order chi connectivity index (χ1) is 18.9. The molecule has 10 nitrogen and oxygen atoms in total.